The number of rotatable bonds is 5. The lowest BCUT2D eigenvalue weighted by molar-refractivity contribution is -0.127. The highest BCUT2D eigenvalue weighted by Gasteiger charge is 2.09. The van der Waals surface area contributed by atoms with Crippen LogP contribution in [0.25, 0.3) is 0 Å². The Morgan fingerprint density at radius 2 is 2.00 bits per heavy atom. The first kappa shape index (κ1) is 21.0. The van der Waals surface area contributed by atoms with E-state index in [1.165, 1.54) is 4.90 Å². The Kier molecular flexibility index (Phi) is 10.2. The number of carbonyl (C=O) groups excluding carboxylic acids is 1. The lowest BCUT2D eigenvalue weighted by Crippen LogP contribution is -2.39. The fraction of sp³-hybridized carbons (Fsp3) is 0.467. The Morgan fingerprint density at radius 3 is 2.55 bits per heavy atom. The van der Waals surface area contributed by atoms with Gasteiger partial charge in [0.1, 0.15) is 6.54 Å². The molecule has 124 valence electrons. The molecule has 1 aromatic carbocycles. The van der Waals surface area contributed by atoms with Crippen molar-refractivity contribution in [3.05, 3.63) is 34.9 Å². The maximum Gasteiger partial charge on any atom is 0.243 e. The smallest absolute Gasteiger partial charge is 0.243 e. The van der Waals surface area contributed by atoms with E-state index in [4.69, 9.17) is 11.6 Å². The van der Waals surface area contributed by atoms with E-state index in [9.17, 15) is 4.79 Å². The Bertz CT molecular complexity index is 508. The highest BCUT2D eigenvalue weighted by atomic mass is 127. The molecule has 5 nitrogen and oxygen atoms in total. The van der Waals surface area contributed by atoms with E-state index in [-0.39, 0.29) is 36.4 Å². The van der Waals surface area contributed by atoms with Crippen molar-refractivity contribution in [2.45, 2.75) is 13.5 Å². The second-order valence-corrected chi connectivity index (χ2v) is 5.38. The average Bonchev–Trinajstić information content (AvgIpc) is 2.42. The number of aliphatic imine (C=N–C) groups is 1. The third-order valence-electron chi connectivity index (χ3n) is 2.87. The van der Waals surface area contributed by atoms with Gasteiger partial charge in [-0.15, -0.1) is 24.0 Å². The standard InChI is InChI=1S/C15H23ClN4O.HI/c1-5-17-15(18-10-14(21)19(2)3)20(4)11-12-7-6-8-13(16)9-12;/h6-9H,5,10-11H2,1-4H3,(H,17,18);1H. The number of hydrogen-bond donors (Lipinski definition) is 1. The van der Waals surface area contributed by atoms with Crippen molar-refractivity contribution in [2.24, 2.45) is 4.99 Å². The van der Waals surface area contributed by atoms with Crippen LogP contribution in [0.3, 0.4) is 0 Å². The maximum absolute atomic E-state index is 11.6. The van der Waals surface area contributed by atoms with Gasteiger partial charge in [-0.05, 0) is 24.6 Å². The molecule has 0 radical (unpaired) electrons. The van der Waals surface area contributed by atoms with Gasteiger partial charge in [0, 0.05) is 39.3 Å². The van der Waals surface area contributed by atoms with Gasteiger partial charge < -0.3 is 15.1 Å². The molecule has 0 spiro atoms. The number of nitrogens with one attached hydrogen (secondary N) is 1. The quantitative estimate of drug-likeness (QED) is 0.436. The van der Waals surface area contributed by atoms with E-state index in [0.717, 1.165) is 12.1 Å². The summed E-state index contributed by atoms with van der Waals surface area (Å²) in [5.41, 5.74) is 1.09. The Morgan fingerprint density at radius 1 is 1.32 bits per heavy atom. The lowest BCUT2D eigenvalue weighted by Gasteiger charge is -2.22. The molecule has 0 aliphatic heterocycles. The van der Waals surface area contributed by atoms with E-state index in [1.807, 2.05) is 43.1 Å². The third-order valence-corrected chi connectivity index (χ3v) is 3.10. The van der Waals surface area contributed by atoms with Crippen molar-refractivity contribution in [1.82, 2.24) is 15.1 Å². The van der Waals surface area contributed by atoms with Crippen LogP contribution < -0.4 is 5.32 Å². The third kappa shape index (κ3) is 7.31. The van der Waals surface area contributed by atoms with Crippen LogP contribution in [0.5, 0.6) is 0 Å². The zero-order valence-electron chi connectivity index (χ0n) is 13.5. The fourth-order valence-corrected chi connectivity index (χ4v) is 1.95. The van der Waals surface area contributed by atoms with Crippen molar-refractivity contribution in [2.75, 3.05) is 34.2 Å². The Labute approximate surface area is 154 Å². The molecule has 22 heavy (non-hydrogen) atoms. The molecule has 0 aliphatic carbocycles. The summed E-state index contributed by atoms with van der Waals surface area (Å²) >= 11 is 5.99. The van der Waals surface area contributed by atoms with Crippen molar-refractivity contribution in [1.29, 1.82) is 0 Å². The highest BCUT2D eigenvalue weighted by molar-refractivity contribution is 14.0. The molecule has 0 fully saturated rings. The van der Waals surface area contributed by atoms with Gasteiger partial charge in [-0.25, -0.2) is 4.99 Å². The number of carbonyl (C=O) groups is 1. The minimum Gasteiger partial charge on any atom is -0.357 e. The molecular weight excluding hydrogens is 415 g/mol. The van der Waals surface area contributed by atoms with Gasteiger partial charge in [-0.1, -0.05) is 23.7 Å². The zero-order valence-corrected chi connectivity index (χ0v) is 16.6. The van der Waals surface area contributed by atoms with Gasteiger partial charge >= 0.3 is 0 Å². The Hall–Kier alpha value is -1.02. The fourth-order valence-electron chi connectivity index (χ4n) is 1.74. The molecule has 1 aromatic rings. The van der Waals surface area contributed by atoms with Gasteiger partial charge in [-0.3, -0.25) is 4.79 Å². The second-order valence-electron chi connectivity index (χ2n) is 4.94. The molecule has 0 bridgehead atoms. The van der Waals surface area contributed by atoms with Crippen molar-refractivity contribution in [3.8, 4) is 0 Å². The van der Waals surface area contributed by atoms with Crippen molar-refractivity contribution in [3.63, 3.8) is 0 Å². The number of halogens is 2. The number of likely N-dealkylation sites (N-methyl/N-ethyl adjacent to an activating group) is 1. The maximum atomic E-state index is 11.6. The van der Waals surface area contributed by atoms with Crippen LogP contribution in [-0.4, -0.2) is 55.9 Å². The summed E-state index contributed by atoms with van der Waals surface area (Å²) in [6.45, 7) is 3.54. The molecule has 0 heterocycles. The zero-order chi connectivity index (χ0) is 15.8. The van der Waals surface area contributed by atoms with Gasteiger partial charge in [0.2, 0.25) is 5.91 Å². The summed E-state index contributed by atoms with van der Waals surface area (Å²) in [4.78, 5) is 19.5. The summed E-state index contributed by atoms with van der Waals surface area (Å²) in [6, 6.07) is 7.70. The van der Waals surface area contributed by atoms with Crippen LogP contribution in [0.15, 0.2) is 29.3 Å². The molecule has 0 aromatic heterocycles. The number of amides is 1. The van der Waals surface area contributed by atoms with Crippen LogP contribution in [0, 0.1) is 0 Å². The SMILES string of the molecule is CCNC(=NCC(=O)N(C)C)N(C)Cc1cccc(Cl)c1.I. The van der Waals surface area contributed by atoms with Crippen LogP contribution in [-0.2, 0) is 11.3 Å². The van der Waals surface area contributed by atoms with Gasteiger partial charge in [0.25, 0.3) is 0 Å². The van der Waals surface area contributed by atoms with Crippen LogP contribution in [0.2, 0.25) is 5.02 Å². The molecule has 0 saturated carbocycles. The summed E-state index contributed by atoms with van der Waals surface area (Å²) in [7, 11) is 5.38. The predicted molar refractivity (Wildman–Crippen MR) is 103 cm³/mol. The van der Waals surface area contributed by atoms with Crippen LogP contribution >= 0.6 is 35.6 Å². The largest absolute Gasteiger partial charge is 0.357 e. The van der Waals surface area contributed by atoms with Gasteiger partial charge in [-0.2, -0.15) is 0 Å². The first-order valence-electron chi connectivity index (χ1n) is 6.88. The summed E-state index contributed by atoms with van der Waals surface area (Å²) < 4.78 is 0. The van der Waals surface area contributed by atoms with E-state index >= 15 is 0 Å². The summed E-state index contributed by atoms with van der Waals surface area (Å²) in [5, 5.41) is 3.90. The number of nitrogens with zero attached hydrogens (tertiary/aromatic N) is 3. The van der Waals surface area contributed by atoms with E-state index in [0.29, 0.717) is 17.5 Å². The number of guanidine groups is 1. The highest BCUT2D eigenvalue weighted by Crippen LogP contribution is 2.12. The number of benzene rings is 1. The van der Waals surface area contributed by atoms with Gasteiger partial charge in [0.05, 0.1) is 0 Å². The number of hydrogen-bond acceptors (Lipinski definition) is 2. The molecule has 0 atom stereocenters. The van der Waals surface area contributed by atoms with Crippen molar-refractivity contribution < 1.29 is 4.79 Å². The molecule has 0 saturated heterocycles. The Balaban J connectivity index is 0.00000441. The molecule has 7 heteroatoms. The second kappa shape index (κ2) is 10.7. The molecule has 0 aliphatic rings. The first-order valence-corrected chi connectivity index (χ1v) is 7.26. The first-order chi connectivity index (χ1) is 9.93. The molecule has 0 unspecified atom stereocenters. The average molecular weight is 439 g/mol. The molecule has 1 amide bonds. The minimum absolute atomic E-state index is 0. The molecule has 1 N–H and O–H groups in total. The minimum atomic E-state index is -0.0263. The van der Waals surface area contributed by atoms with E-state index in [2.05, 4.69) is 10.3 Å². The van der Waals surface area contributed by atoms with E-state index in [1.54, 1.807) is 14.1 Å². The monoisotopic (exact) mass is 438 g/mol. The molecular formula is C15H24ClIN4O. The van der Waals surface area contributed by atoms with Crippen molar-refractivity contribution >= 4 is 47.4 Å². The molecule has 1 rings (SSSR count). The van der Waals surface area contributed by atoms with E-state index < -0.39 is 0 Å². The van der Waals surface area contributed by atoms with Crippen LogP contribution in [0.1, 0.15) is 12.5 Å². The predicted octanol–water partition coefficient (Wildman–Crippen LogP) is 2.44. The summed E-state index contributed by atoms with van der Waals surface area (Å²) in [6.07, 6.45) is 0. The normalized spacial score (nSPS) is 10.7. The lowest BCUT2D eigenvalue weighted by atomic mass is 10.2. The van der Waals surface area contributed by atoms with Gasteiger partial charge in [0.15, 0.2) is 5.96 Å². The summed E-state index contributed by atoms with van der Waals surface area (Å²) in [5.74, 6) is 0.675. The van der Waals surface area contributed by atoms with Crippen LogP contribution in [0.4, 0.5) is 0 Å². The topological polar surface area (TPSA) is 47.9 Å².